The van der Waals surface area contributed by atoms with Crippen LogP contribution in [0.2, 0.25) is 10.0 Å². The van der Waals surface area contributed by atoms with Crippen molar-refractivity contribution in [3.8, 4) is 0 Å². The normalized spacial score (nSPS) is 33.6. The Kier molecular flexibility index (Phi) is 6.20. The van der Waals surface area contributed by atoms with Gasteiger partial charge in [0.25, 0.3) is 0 Å². The summed E-state index contributed by atoms with van der Waals surface area (Å²) < 4.78 is 23.1. The summed E-state index contributed by atoms with van der Waals surface area (Å²) in [5.41, 5.74) is 1.29. The first-order valence-electron chi connectivity index (χ1n) is 8.93. The van der Waals surface area contributed by atoms with Crippen LogP contribution in [-0.4, -0.2) is 47.8 Å². The van der Waals surface area contributed by atoms with Crippen LogP contribution in [0.25, 0.3) is 0 Å². The van der Waals surface area contributed by atoms with Crippen molar-refractivity contribution < 1.29 is 29.2 Å². The average molecular weight is 427 g/mol. The molecule has 2 aromatic rings. The van der Waals surface area contributed by atoms with E-state index >= 15 is 0 Å². The number of rotatable bonds is 3. The second-order valence-corrected chi connectivity index (χ2v) is 7.52. The Hall–Kier alpha value is -1.22. The van der Waals surface area contributed by atoms with Crippen LogP contribution in [0.1, 0.15) is 23.7 Å². The molecule has 8 heteroatoms. The summed E-state index contributed by atoms with van der Waals surface area (Å²) >= 11 is 12.5. The van der Waals surface area contributed by atoms with Gasteiger partial charge in [0.2, 0.25) is 0 Å². The molecule has 0 bridgehead atoms. The maximum absolute atomic E-state index is 10.4. The van der Waals surface area contributed by atoms with E-state index in [0.29, 0.717) is 21.2 Å². The Morgan fingerprint density at radius 3 is 1.46 bits per heavy atom. The summed E-state index contributed by atoms with van der Waals surface area (Å²) in [4.78, 5) is 0. The van der Waals surface area contributed by atoms with E-state index in [0.717, 1.165) is 0 Å². The van der Waals surface area contributed by atoms with Crippen LogP contribution in [-0.2, 0) is 18.9 Å². The second kappa shape index (κ2) is 8.65. The number of halogens is 2. The van der Waals surface area contributed by atoms with Crippen molar-refractivity contribution in [3.63, 3.8) is 0 Å². The van der Waals surface area contributed by atoms with Crippen LogP contribution in [0, 0.1) is 0 Å². The molecule has 150 valence electrons. The van der Waals surface area contributed by atoms with Crippen molar-refractivity contribution in [2.45, 2.75) is 37.0 Å². The minimum absolute atomic E-state index is 0.0186. The van der Waals surface area contributed by atoms with Crippen LogP contribution in [0.15, 0.2) is 48.5 Å². The Labute approximate surface area is 172 Å². The lowest BCUT2D eigenvalue weighted by Crippen LogP contribution is -2.56. The van der Waals surface area contributed by atoms with Crippen molar-refractivity contribution in [3.05, 3.63) is 69.7 Å². The highest BCUT2D eigenvalue weighted by Gasteiger charge is 2.45. The summed E-state index contributed by atoms with van der Waals surface area (Å²) in [5, 5.41) is 21.9. The highest BCUT2D eigenvalue weighted by Crippen LogP contribution is 2.37. The van der Waals surface area contributed by atoms with Crippen molar-refractivity contribution in [2.75, 3.05) is 13.2 Å². The van der Waals surface area contributed by atoms with Crippen molar-refractivity contribution in [1.82, 2.24) is 0 Å². The Bertz CT molecular complexity index is 751. The molecule has 0 spiro atoms. The fraction of sp³-hybridized carbons (Fsp3) is 0.400. The minimum atomic E-state index is -0.983. The highest BCUT2D eigenvalue weighted by molar-refractivity contribution is 6.31. The molecule has 2 heterocycles. The topological polar surface area (TPSA) is 77.4 Å². The first kappa shape index (κ1) is 20.1. The van der Waals surface area contributed by atoms with Crippen molar-refractivity contribution in [1.29, 1.82) is 0 Å². The molecule has 6 atom stereocenters. The molecular weight excluding hydrogens is 407 g/mol. The number of aliphatic hydroxyl groups is 2. The fourth-order valence-corrected chi connectivity index (χ4v) is 3.81. The van der Waals surface area contributed by atoms with Crippen LogP contribution in [0.4, 0.5) is 0 Å². The number of ether oxygens (including phenoxy) is 4. The monoisotopic (exact) mass is 426 g/mol. The highest BCUT2D eigenvalue weighted by atomic mass is 35.5. The lowest BCUT2D eigenvalue weighted by molar-refractivity contribution is -0.331. The maximum Gasteiger partial charge on any atom is 0.185 e. The van der Waals surface area contributed by atoms with Gasteiger partial charge in [-0.3, -0.25) is 0 Å². The molecule has 2 aliphatic heterocycles. The quantitative estimate of drug-likeness (QED) is 0.784. The second-order valence-electron chi connectivity index (χ2n) is 6.71. The molecule has 2 fully saturated rings. The van der Waals surface area contributed by atoms with E-state index in [1.54, 1.807) is 36.4 Å². The minimum Gasteiger partial charge on any atom is -0.388 e. The molecule has 0 aromatic heterocycles. The maximum atomic E-state index is 10.4. The SMILES string of the molecule is O[C@@H]1COC(c2ccccc2Cl)O[C@H]1[C@@H]1OC(c2ccccc2Cl)OC[C@@H]1O. The molecule has 28 heavy (non-hydrogen) atoms. The van der Waals surface area contributed by atoms with E-state index in [1.165, 1.54) is 0 Å². The number of benzene rings is 2. The molecule has 2 unspecified atom stereocenters. The van der Waals surface area contributed by atoms with E-state index in [2.05, 4.69) is 0 Å². The Morgan fingerprint density at radius 1 is 0.679 bits per heavy atom. The van der Waals surface area contributed by atoms with Gasteiger partial charge in [0.05, 0.1) is 13.2 Å². The summed E-state index contributed by atoms with van der Waals surface area (Å²) in [6, 6.07) is 14.3. The van der Waals surface area contributed by atoms with E-state index in [1.807, 2.05) is 12.1 Å². The van der Waals surface area contributed by atoms with Crippen LogP contribution < -0.4 is 0 Å². The molecule has 0 radical (unpaired) electrons. The first-order valence-corrected chi connectivity index (χ1v) is 9.69. The summed E-state index contributed by atoms with van der Waals surface area (Å²) in [7, 11) is 0. The number of aliphatic hydroxyl groups excluding tert-OH is 2. The van der Waals surface area contributed by atoms with Gasteiger partial charge in [0.15, 0.2) is 12.6 Å². The van der Waals surface area contributed by atoms with Gasteiger partial charge in [0, 0.05) is 21.2 Å². The zero-order chi connectivity index (χ0) is 19.7. The lowest BCUT2D eigenvalue weighted by Gasteiger charge is -2.43. The predicted octanol–water partition coefficient (Wildman–Crippen LogP) is 3.24. The third kappa shape index (κ3) is 4.06. The van der Waals surface area contributed by atoms with Gasteiger partial charge >= 0.3 is 0 Å². The molecular formula is C20H20Cl2O6. The molecule has 6 nitrogen and oxygen atoms in total. The van der Waals surface area contributed by atoms with Gasteiger partial charge in [0.1, 0.15) is 24.4 Å². The molecule has 2 saturated heterocycles. The van der Waals surface area contributed by atoms with Crippen LogP contribution >= 0.6 is 23.2 Å². The Morgan fingerprint density at radius 2 is 1.07 bits per heavy atom. The van der Waals surface area contributed by atoms with Crippen LogP contribution in [0.3, 0.4) is 0 Å². The molecule has 0 saturated carbocycles. The third-order valence-electron chi connectivity index (χ3n) is 4.80. The first-order chi connectivity index (χ1) is 13.5. The van der Waals surface area contributed by atoms with Gasteiger partial charge in [-0.1, -0.05) is 59.6 Å². The lowest BCUT2D eigenvalue weighted by atomic mass is 10.0. The number of hydrogen-bond acceptors (Lipinski definition) is 6. The zero-order valence-corrected chi connectivity index (χ0v) is 16.3. The van der Waals surface area contributed by atoms with E-state index in [4.69, 9.17) is 42.1 Å². The Balaban J connectivity index is 1.55. The van der Waals surface area contributed by atoms with Crippen LogP contribution in [0.5, 0.6) is 0 Å². The zero-order valence-electron chi connectivity index (χ0n) is 14.8. The standard InChI is InChI=1S/C20H20Cl2O6/c21-13-7-3-1-5-11(13)19-25-9-15(23)17(27-19)18-16(24)10-26-20(28-18)12-6-2-4-8-14(12)22/h1-8,15-20,23-24H,9-10H2/t15-,16+,17-,18-,19?,20?/m1/s1. The van der Waals surface area contributed by atoms with Gasteiger partial charge in [-0.25, -0.2) is 0 Å². The molecule has 0 amide bonds. The molecule has 2 N–H and O–H groups in total. The molecule has 2 aromatic carbocycles. The van der Waals surface area contributed by atoms with E-state index < -0.39 is 37.0 Å². The molecule has 4 rings (SSSR count). The fourth-order valence-electron chi connectivity index (χ4n) is 3.36. The predicted molar refractivity (Wildman–Crippen MR) is 102 cm³/mol. The summed E-state index contributed by atoms with van der Waals surface area (Å²) in [5.74, 6) is 0. The third-order valence-corrected chi connectivity index (χ3v) is 5.49. The summed E-state index contributed by atoms with van der Waals surface area (Å²) in [6.07, 6.45) is -5.19. The molecule has 2 aliphatic rings. The largest absolute Gasteiger partial charge is 0.388 e. The summed E-state index contributed by atoms with van der Waals surface area (Å²) in [6.45, 7) is 0.0372. The van der Waals surface area contributed by atoms with Crippen molar-refractivity contribution >= 4 is 23.2 Å². The van der Waals surface area contributed by atoms with E-state index in [-0.39, 0.29) is 13.2 Å². The molecule has 0 aliphatic carbocycles. The van der Waals surface area contributed by atoms with Gasteiger partial charge in [-0.05, 0) is 12.1 Å². The van der Waals surface area contributed by atoms with E-state index in [9.17, 15) is 10.2 Å². The average Bonchev–Trinajstić information content (AvgIpc) is 2.70. The van der Waals surface area contributed by atoms with Gasteiger partial charge < -0.3 is 29.2 Å². The van der Waals surface area contributed by atoms with Gasteiger partial charge in [-0.2, -0.15) is 0 Å². The van der Waals surface area contributed by atoms with Gasteiger partial charge in [-0.15, -0.1) is 0 Å². The number of hydrogen-bond donors (Lipinski definition) is 2. The van der Waals surface area contributed by atoms with Crippen molar-refractivity contribution in [2.24, 2.45) is 0 Å². The smallest absolute Gasteiger partial charge is 0.185 e.